The van der Waals surface area contributed by atoms with E-state index in [0.29, 0.717) is 62.2 Å². The topological polar surface area (TPSA) is 143 Å². The number of nitrogens with zero attached hydrogens (tertiary/aromatic N) is 4. The molecule has 0 saturated carbocycles. The van der Waals surface area contributed by atoms with Gasteiger partial charge in [-0.1, -0.05) is 46.8 Å². The van der Waals surface area contributed by atoms with Gasteiger partial charge in [0.25, 0.3) is 0 Å². The van der Waals surface area contributed by atoms with Gasteiger partial charge in [0.15, 0.2) is 10.1 Å². The number of amides is 1. The fourth-order valence-electron chi connectivity index (χ4n) is 4.88. The lowest BCUT2D eigenvalue weighted by atomic mass is 9.76. The minimum atomic E-state index is -0.605. The molecule has 0 radical (unpaired) electrons. The monoisotopic (exact) mass is 608 g/mol. The van der Waals surface area contributed by atoms with Crippen LogP contribution in [0.1, 0.15) is 30.7 Å². The first-order valence-corrected chi connectivity index (χ1v) is 14.7. The lowest BCUT2D eigenvalue weighted by Gasteiger charge is -2.38. The predicted octanol–water partition coefficient (Wildman–Crippen LogP) is 5.24. The van der Waals surface area contributed by atoms with Crippen molar-refractivity contribution in [1.29, 1.82) is 5.26 Å². The number of anilines is 2. The van der Waals surface area contributed by atoms with Crippen LogP contribution in [0.2, 0.25) is 5.02 Å². The molecule has 1 aliphatic heterocycles. The van der Waals surface area contributed by atoms with Crippen LogP contribution in [0.25, 0.3) is 0 Å². The van der Waals surface area contributed by atoms with Crippen molar-refractivity contribution < 1.29 is 19.1 Å². The van der Waals surface area contributed by atoms with E-state index in [0.717, 1.165) is 5.56 Å². The first-order chi connectivity index (χ1) is 19.8. The highest BCUT2D eigenvalue weighted by molar-refractivity contribution is 8.01. The van der Waals surface area contributed by atoms with Crippen LogP contribution in [-0.2, 0) is 9.59 Å². The molecule has 3 N–H and O–H groups in total. The van der Waals surface area contributed by atoms with E-state index >= 15 is 0 Å². The second-order valence-electron chi connectivity index (χ2n) is 9.13. The molecule has 13 heteroatoms. The van der Waals surface area contributed by atoms with Crippen molar-refractivity contribution >= 4 is 57.2 Å². The maximum absolute atomic E-state index is 13.3. The summed E-state index contributed by atoms with van der Waals surface area (Å²) in [6.45, 7) is 0. The summed E-state index contributed by atoms with van der Waals surface area (Å²) in [5.41, 5.74) is 9.43. The van der Waals surface area contributed by atoms with Gasteiger partial charge in [0, 0.05) is 23.4 Å². The van der Waals surface area contributed by atoms with E-state index < -0.39 is 5.92 Å². The second kappa shape index (κ2) is 12.2. The highest BCUT2D eigenvalue weighted by Gasteiger charge is 2.41. The third-order valence-corrected chi connectivity index (χ3v) is 9.03. The highest BCUT2D eigenvalue weighted by atomic mass is 35.5. The SMILES string of the molecule is COc1cccc(C2C(C#N)=C(N)N(c3nnc(SCC(=O)Nc4ccc(OC)c(Cl)c4)s3)C3=C2C(=O)CCC3)c1. The fraction of sp³-hybridized carbons (Fsp3) is 0.250. The van der Waals surface area contributed by atoms with Gasteiger partial charge in [0.05, 0.1) is 42.6 Å². The van der Waals surface area contributed by atoms with Crippen molar-refractivity contribution in [1.82, 2.24) is 10.2 Å². The molecule has 1 aliphatic carbocycles. The molecule has 2 aromatic carbocycles. The molecule has 3 aromatic rings. The van der Waals surface area contributed by atoms with Crippen LogP contribution < -0.4 is 25.4 Å². The van der Waals surface area contributed by atoms with E-state index in [1.54, 1.807) is 30.2 Å². The van der Waals surface area contributed by atoms with Gasteiger partial charge in [-0.15, -0.1) is 10.2 Å². The van der Waals surface area contributed by atoms with Crippen LogP contribution in [0.4, 0.5) is 10.8 Å². The summed E-state index contributed by atoms with van der Waals surface area (Å²) in [5.74, 6) is 0.536. The number of carbonyl (C=O) groups is 2. The zero-order chi connectivity index (χ0) is 29.1. The molecule has 2 aliphatic rings. The van der Waals surface area contributed by atoms with Gasteiger partial charge < -0.3 is 20.5 Å². The fourth-order valence-corrected chi connectivity index (χ4v) is 6.82. The Bertz CT molecular complexity index is 1630. The first kappa shape index (κ1) is 28.5. The molecule has 10 nitrogen and oxygen atoms in total. The summed E-state index contributed by atoms with van der Waals surface area (Å²) in [6.07, 6.45) is 1.64. The van der Waals surface area contributed by atoms with Gasteiger partial charge in [0.1, 0.15) is 17.3 Å². The Labute approximate surface area is 249 Å². The highest BCUT2D eigenvalue weighted by Crippen LogP contribution is 2.47. The Kier molecular flexibility index (Phi) is 8.49. The van der Waals surface area contributed by atoms with Crippen molar-refractivity contribution in [3.05, 3.63) is 75.7 Å². The van der Waals surface area contributed by atoms with Gasteiger partial charge in [-0.25, -0.2) is 0 Å². The molecule has 41 heavy (non-hydrogen) atoms. The van der Waals surface area contributed by atoms with E-state index in [9.17, 15) is 14.9 Å². The smallest absolute Gasteiger partial charge is 0.234 e. The molecule has 210 valence electrons. The lowest BCUT2D eigenvalue weighted by Crippen LogP contribution is -2.38. The second-order valence-corrected chi connectivity index (χ2v) is 11.7. The number of benzene rings is 2. The summed E-state index contributed by atoms with van der Waals surface area (Å²) in [4.78, 5) is 27.5. The van der Waals surface area contributed by atoms with E-state index in [-0.39, 0.29) is 28.8 Å². The molecule has 0 spiro atoms. The van der Waals surface area contributed by atoms with Crippen molar-refractivity contribution in [2.75, 3.05) is 30.2 Å². The van der Waals surface area contributed by atoms with Crippen LogP contribution in [-0.4, -0.2) is 41.9 Å². The van der Waals surface area contributed by atoms with Gasteiger partial charge in [-0.05, 0) is 48.7 Å². The molecule has 1 unspecified atom stereocenters. The number of allylic oxidation sites excluding steroid dienone is 3. The maximum atomic E-state index is 13.3. The number of halogens is 1. The Morgan fingerprint density at radius 2 is 2.07 bits per heavy atom. The summed E-state index contributed by atoms with van der Waals surface area (Å²) in [7, 11) is 3.08. The number of thioether (sulfide) groups is 1. The number of rotatable bonds is 8. The zero-order valence-corrected chi connectivity index (χ0v) is 24.5. The summed E-state index contributed by atoms with van der Waals surface area (Å²) < 4.78 is 11.1. The number of ether oxygens (including phenoxy) is 2. The Morgan fingerprint density at radius 3 is 2.80 bits per heavy atom. The van der Waals surface area contributed by atoms with Gasteiger partial charge >= 0.3 is 0 Å². The molecule has 1 atom stereocenters. The number of methoxy groups -OCH3 is 2. The lowest BCUT2D eigenvalue weighted by molar-refractivity contribution is -0.116. The average molecular weight is 609 g/mol. The number of aromatic nitrogens is 2. The molecule has 0 fully saturated rings. The third kappa shape index (κ3) is 5.74. The average Bonchev–Trinajstić information content (AvgIpc) is 3.44. The van der Waals surface area contributed by atoms with E-state index in [1.807, 2.05) is 24.3 Å². The Hall–Kier alpha value is -4.05. The van der Waals surface area contributed by atoms with Crippen molar-refractivity contribution in [2.45, 2.75) is 29.5 Å². The van der Waals surface area contributed by atoms with E-state index in [4.69, 9.17) is 26.8 Å². The summed E-state index contributed by atoms with van der Waals surface area (Å²) in [6, 6.07) is 14.5. The van der Waals surface area contributed by atoms with Gasteiger partial charge in [-0.3, -0.25) is 14.5 Å². The van der Waals surface area contributed by atoms with E-state index in [2.05, 4.69) is 21.6 Å². The Balaban J connectivity index is 1.39. The van der Waals surface area contributed by atoms with Crippen LogP contribution in [0.5, 0.6) is 11.5 Å². The van der Waals surface area contributed by atoms with Crippen LogP contribution >= 0.6 is 34.7 Å². The molecular formula is C28H25ClN6O4S2. The van der Waals surface area contributed by atoms with Crippen molar-refractivity contribution in [3.63, 3.8) is 0 Å². The quantitative estimate of drug-likeness (QED) is 0.326. The molecule has 2 heterocycles. The summed E-state index contributed by atoms with van der Waals surface area (Å²) >= 11 is 8.59. The van der Waals surface area contributed by atoms with Crippen LogP contribution in [0.3, 0.4) is 0 Å². The molecule has 1 amide bonds. The predicted molar refractivity (Wildman–Crippen MR) is 158 cm³/mol. The first-order valence-electron chi connectivity index (χ1n) is 12.5. The zero-order valence-electron chi connectivity index (χ0n) is 22.1. The Morgan fingerprint density at radius 1 is 1.24 bits per heavy atom. The maximum Gasteiger partial charge on any atom is 0.234 e. The summed E-state index contributed by atoms with van der Waals surface area (Å²) in [5, 5.41) is 22.4. The largest absolute Gasteiger partial charge is 0.497 e. The molecular weight excluding hydrogens is 584 g/mol. The number of nitriles is 1. The molecule has 5 rings (SSSR count). The van der Waals surface area contributed by atoms with Crippen molar-refractivity contribution in [2.24, 2.45) is 5.73 Å². The number of carbonyl (C=O) groups excluding carboxylic acids is 2. The normalized spacial score (nSPS) is 16.8. The molecule has 0 saturated heterocycles. The number of hydrogen-bond acceptors (Lipinski definition) is 11. The number of nitrogens with one attached hydrogen (secondary N) is 1. The molecule has 1 aromatic heterocycles. The number of ketones is 1. The van der Waals surface area contributed by atoms with E-state index in [1.165, 1.54) is 30.2 Å². The van der Waals surface area contributed by atoms with Crippen LogP contribution in [0, 0.1) is 11.3 Å². The number of hydrogen-bond donors (Lipinski definition) is 2. The number of nitrogens with two attached hydrogens (primary N) is 1. The minimum Gasteiger partial charge on any atom is -0.497 e. The van der Waals surface area contributed by atoms with Gasteiger partial charge in [-0.2, -0.15) is 5.26 Å². The number of Topliss-reactive ketones (excluding diaryl/α,β-unsaturated/α-hetero) is 1. The third-order valence-electron chi connectivity index (χ3n) is 6.69. The minimum absolute atomic E-state index is 0.0289. The van der Waals surface area contributed by atoms with Crippen LogP contribution in [0.15, 0.2) is 69.5 Å². The van der Waals surface area contributed by atoms with Gasteiger partial charge in [0.2, 0.25) is 11.0 Å². The standard InChI is InChI=1S/C28H25ClN6O4S2/c1-38-17-6-3-5-15(11-17)24-18(13-30)26(31)35(20-7-4-8-21(36)25(20)24)27-33-34-28(41-27)40-14-23(37)32-16-9-10-22(39-2)19(29)12-16/h3,5-6,9-12,24H,4,7-8,14,31H2,1-2H3,(H,32,37). The molecule has 0 bridgehead atoms. The van der Waals surface area contributed by atoms with Crippen molar-refractivity contribution in [3.8, 4) is 17.6 Å².